The average Bonchev–Trinajstić information content (AvgIpc) is 3.15. The largest absolute Gasteiger partial charge is 0.508 e. The van der Waals surface area contributed by atoms with Gasteiger partial charge in [-0.1, -0.05) is 54.6 Å². The third-order valence-corrected chi connectivity index (χ3v) is 5.20. The number of hydrogen-bond acceptors (Lipinski definition) is 5. The van der Waals surface area contributed by atoms with E-state index in [-0.39, 0.29) is 17.2 Å². The quantitative estimate of drug-likeness (QED) is 0.484. The van der Waals surface area contributed by atoms with Crippen LogP contribution in [0.25, 0.3) is 22.0 Å². The van der Waals surface area contributed by atoms with Gasteiger partial charge in [-0.15, -0.1) is 5.10 Å². The van der Waals surface area contributed by atoms with E-state index in [0.717, 1.165) is 33.2 Å². The van der Waals surface area contributed by atoms with E-state index in [1.807, 2.05) is 48.5 Å². The van der Waals surface area contributed by atoms with Gasteiger partial charge in [0.25, 0.3) is 0 Å². The third kappa shape index (κ3) is 2.60. The number of nitrogens with zero attached hydrogens (tertiary/aromatic N) is 2. The van der Waals surface area contributed by atoms with Crippen molar-refractivity contribution in [3.05, 3.63) is 89.3 Å². The van der Waals surface area contributed by atoms with Crippen molar-refractivity contribution < 1.29 is 9.84 Å². The number of nitriles is 1. The summed E-state index contributed by atoms with van der Waals surface area (Å²) in [5, 5.41) is 29.4. The molecule has 1 aliphatic heterocycles. The van der Waals surface area contributed by atoms with Crippen LogP contribution < -0.4 is 10.5 Å². The predicted molar refractivity (Wildman–Crippen MR) is 109 cm³/mol. The lowest BCUT2D eigenvalue weighted by molar-refractivity contribution is 0.378. The predicted octanol–water partition coefficient (Wildman–Crippen LogP) is 4.15. The van der Waals surface area contributed by atoms with Crippen LogP contribution in [0.3, 0.4) is 0 Å². The summed E-state index contributed by atoms with van der Waals surface area (Å²) in [5.74, 6) is -0.0488. The van der Waals surface area contributed by atoms with Crippen LogP contribution in [0, 0.1) is 11.3 Å². The average molecular weight is 380 g/mol. The van der Waals surface area contributed by atoms with Gasteiger partial charge in [0.15, 0.2) is 0 Å². The van der Waals surface area contributed by atoms with E-state index in [2.05, 4.69) is 16.3 Å². The number of allylic oxidation sites excluding steroid dienone is 1. The summed E-state index contributed by atoms with van der Waals surface area (Å²) >= 11 is 0. The first-order chi connectivity index (χ1) is 14.2. The lowest BCUT2D eigenvalue weighted by Gasteiger charge is -2.24. The number of fused-ring (bicyclic) bond motifs is 2. The fourth-order valence-electron chi connectivity index (χ4n) is 3.93. The number of H-pyrrole nitrogens is 1. The molecule has 0 radical (unpaired) electrons. The number of hydrogen-bond donors (Lipinski definition) is 3. The molecule has 5 rings (SSSR count). The van der Waals surface area contributed by atoms with E-state index < -0.39 is 5.92 Å². The fourth-order valence-corrected chi connectivity index (χ4v) is 3.93. The number of ether oxygens (including phenoxy) is 1. The van der Waals surface area contributed by atoms with Crippen molar-refractivity contribution in [1.82, 2.24) is 10.2 Å². The Labute approximate surface area is 166 Å². The highest BCUT2D eigenvalue weighted by Crippen LogP contribution is 2.46. The SMILES string of the molecule is N#CC1=C(N)Oc2n[nH]c(-c3cccc4ccccc34)c2[C@@H]1c1cccc(O)c1. The molecule has 1 aromatic heterocycles. The summed E-state index contributed by atoms with van der Waals surface area (Å²) in [6.45, 7) is 0. The smallest absolute Gasteiger partial charge is 0.244 e. The molecule has 0 unspecified atom stereocenters. The number of benzene rings is 3. The highest BCUT2D eigenvalue weighted by molar-refractivity contribution is 5.97. The number of phenolic OH excluding ortho intramolecular Hbond substituents is 1. The van der Waals surface area contributed by atoms with E-state index in [4.69, 9.17) is 10.5 Å². The Balaban J connectivity index is 1.80. The monoisotopic (exact) mass is 380 g/mol. The highest BCUT2D eigenvalue weighted by atomic mass is 16.5. The van der Waals surface area contributed by atoms with Gasteiger partial charge in [0.1, 0.15) is 17.4 Å². The number of aromatic amines is 1. The Morgan fingerprint density at radius 1 is 1.07 bits per heavy atom. The molecule has 4 aromatic rings. The first kappa shape index (κ1) is 16.9. The van der Waals surface area contributed by atoms with E-state index in [9.17, 15) is 10.4 Å². The zero-order chi connectivity index (χ0) is 20.0. The molecule has 0 bridgehead atoms. The molecule has 0 aliphatic carbocycles. The molecule has 2 heterocycles. The summed E-state index contributed by atoms with van der Waals surface area (Å²) in [7, 11) is 0. The molecule has 0 fully saturated rings. The fraction of sp³-hybridized carbons (Fsp3) is 0.0435. The molecule has 0 amide bonds. The number of nitrogens with one attached hydrogen (secondary N) is 1. The first-order valence-corrected chi connectivity index (χ1v) is 9.10. The van der Waals surface area contributed by atoms with Crippen LogP contribution in [-0.4, -0.2) is 15.3 Å². The van der Waals surface area contributed by atoms with Gasteiger partial charge in [0, 0.05) is 5.56 Å². The molecule has 6 nitrogen and oxygen atoms in total. The van der Waals surface area contributed by atoms with E-state index in [0.29, 0.717) is 5.88 Å². The number of nitrogens with two attached hydrogens (primary N) is 1. The Kier molecular flexibility index (Phi) is 3.75. The van der Waals surface area contributed by atoms with Crippen LogP contribution in [-0.2, 0) is 0 Å². The lowest BCUT2D eigenvalue weighted by atomic mass is 9.82. The van der Waals surface area contributed by atoms with Crippen molar-refractivity contribution in [2.45, 2.75) is 5.92 Å². The maximum absolute atomic E-state index is 10.0. The van der Waals surface area contributed by atoms with E-state index in [1.165, 1.54) is 0 Å². The third-order valence-electron chi connectivity index (χ3n) is 5.20. The van der Waals surface area contributed by atoms with Crippen LogP contribution >= 0.6 is 0 Å². The van der Waals surface area contributed by atoms with Crippen LogP contribution in [0.4, 0.5) is 0 Å². The number of rotatable bonds is 2. The first-order valence-electron chi connectivity index (χ1n) is 9.10. The number of phenols is 1. The molecule has 0 spiro atoms. The molecule has 140 valence electrons. The van der Waals surface area contributed by atoms with Crippen molar-refractivity contribution in [3.63, 3.8) is 0 Å². The second kappa shape index (κ2) is 6.43. The molecule has 1 atom stereocenters. The highest BCUT2D eigenvalue weighted by Gasteiger charge is 2.36. The molecule has 29 heavy (non-hydrogen) atoms. The number of aromatic nitrogens is 2. The maximum atomic E-state index is 10.0. The van der Waals surface area contributed by atoms with Gasteiger partial charge in [-0.2, -0.15) is 5.26 Å². The van der Waals surface area contributed by atoms with Gasteiger partial charge >= 0.3 is 0 Å². The van der Waals surface area contributed by atoms with Crippen molar-refractivity contribution in [3.8, 4) is 29.0 Å². The van der Waals surface area contributed by atoms with Crippen LogP contribution in [0.5, 0.6) is 11.6 Å². The summed E-state index contributed by atoms with van der Waals surface area (Å²) in [6, 6.07) is 23.1. The molecular formula is C23H16N4O2. The van der Waals surface area contributed by atoms with Crippen LogP contribution in [0.15, 0.2) is 78.2 Å². The van der Waals surface area contributed by atoms with Gasteiger partial charge in [-0.05, 0) is 28.5 Å². The Morgan fingerprint density at radius 2 is 1.86 bits per heavy atom. The van der Waals surface area contributed by atoms with Gasteiger partial charge in [0.05, 0.1) is 17.2 Å². The topological polar surface area (TPSA) is 108 Å². The summed E-state index contributed by atoms with van der Waals surface area (Å²) in [4.78, 5) is 0. The van der Waals surface area contributed by atoms with Gasteiger partial charge in [-0.25, -0.2) is 0 Å². The van der Waals surface area contributed by atoms with Crippen LogP contribution in [0.2, 0.25) is 0 Å². The molecule has 0 saturated heterocycles. The zero-order valence-electron chi connectivity index (χ0n) is 15.3. The second-order valence-corrected chi connectivity index (χ2v) is 6.86. The molecule has 1 aliphatic rings. The van der Waals surface area contributed by atoms with Crippen molar-refractivity contribution in [2.24, 2.45) is 5.73 Å². The maximum Gasteiger partial charge on any atom is 0.244 e. The van der Waals surface area contributed by atoms with Gasteiger partial charge in [-0.3, -0.25) is 5.10 Å². The lowest BCUT2D eigenvalue weighted by Crippen LogP contribution is -2.20. The standard InChI is InChI=1S/C23H16N4O2/c24-12-18-19(14-7-3-8-15(28)11-14)20-21(26-27-23(20)29-22(18)25)17-10-4-6-13-5-1-2-9-16(13)17/h1-11,19,28H,25H2,(H,26,27)/t19-/m1/s1. The van der Waals surface area contributed by atoms with Crippen LogP contribution in [0.1, 0.15) is 17.0 Å². The molecule has 4 N–H and O–H groups in total. The van der Waals surface area contributed by atoms with E-state index in [1.54, 1.807) is 18.2 Å². The van der Waals surface area contributed by atoms with Gasteiger partial charge < -0.3 is 15.6 Å². The minimum Gasteiger partial charge on any atom is -0.508 e. The molecule has 3 aromatic carbocycles. The van der Waals surface area contributed by atoms with E-state index >= 15 is 0 Å². The van der Waals surface area contributed by atoms with Crippen molar-refractivity contribution in [2.75, 3.05) is 0 Å². The minimum absolute atomic E-state index is 0.0179. The molecule has 6 heteroatoms. The Morgan fingerprint density at radius 3 is 2.69 bits per heavy atom. The summed E-state index contributed by atoms with van der Waals surface area (Å²) in [5.41, 5.74) is 9.47. The minimum atomic E-state index is -0.511. The second-order valence-electron chi connectivity index (χ2n) is 6.86. The van der Waals surface area contributed by atoms with Gasteiger partial charge in [0.2, 0.25) is 11.8 Å². The zero-order valence-corrected chi connectivity index (χ0v) is 15.3. The van der Waals surface area contributed by atoms with Crippen molar-refractivity contribution >= 4 is 10.8 Å². The normalized spacial score (nSPS) is 15.6. The Bertz CT molecular complexity index is 1320. The van der Waals surface area contributed by atoms with Crippen molar-refractivity contribution in [1.29, 1.82) is 5.26 Å². The Hall–Kier alpha value is -4.24. The summed E-state index contributed by atoms with van der Waals surface area (Å²) in [6.07, 6.45) is 0. The molecular weight excluding hydrogens is 364 g/mol. The molecule has 0 saturated carbocycles. The summed E-state index contributed by atoms with van der Waals surface area (Å²) < 4.78 is 5.66. The number of aromatic hydroxyl groups is 1.